The van der Waals surface area contributed by atoms with Gasteiger partial charge in [-0.1, -0.05) is 36.4 Å². The molecule has 1 N–H and O–H groups in total. The smallest absolute Gasteiger partial charge is 0.193 e. The first-order chi connectivity index (χ1) is 9.58. The SMILES string of the molecule is Cc1cc(C)c2c(c1O)C(=O)/C(=C/c1ccccc1)C2. The minimum Gasteiger partial charge on any atom is -0.507 e. The molecule has 0 spiro atoms. The standard InChI is InChI=1S/C18H16O2/c1-11-8-12(2)17(19)16-15(11)10-14(18(16)20)9-13-6-4-3-5-7-13/h3-9,19H,10H2,1-2H3/b14-9+. The van der Waals surface area contributed by atoms with Crippen LogP contribution in [0.5, 0.6) is 5.75 Å². The highest BCUT2D eigenvalue weighted by Gasteiger charge is 2.30. The zero-order valence-electron chi connectivity index (χ0n) is 11.6. The second-order valence-electron chi connectivity index (χ2n) is 5.30. The molecule has 20 heavy (non-hydrogen) atoms. The fourth-order valence-electron chi connectivity index (χ4n) is 2.79. The Morgan fingerprint density at radius 3 is 2.50 bits per heavy atom. The highest BCUT2D eigenvalue weighted by atomic mass is 16.3. The van der Waals surface area contributed by atoms with Crippen LogP contribution < -0.4 is 0 Å². The van der Waals surface area contributed by atoms with Crippen LogP contribution in [-0.2, 0) is 6.42 Å². The number of hydrogen-bond donors (Lipinski definition) is 1. The van der Waals surface area contributed by atoms with E-state index in [2.05, 4.69) is 0 Å². The first kappa shape index (κ1) is 12.7. The molecule has 0 unspecified atom stereocenters. The van der Waals surface area contributed by atoms with E-state index >= 15 is 0 Å². The molecular weight excluding hydrogens is 248 g/mol. The Kier molecular flexibility index (Phi) is 2.94. The summed E-state index contributed by atoms with van der Waals surface area (Å²) in [5.74, 6) is 0.0835. The van der Waals surface area contributed by atoms with E-state index in [1.807, 2.05) is 56.3 Å². The minimum absolute atomic E-state index is 0.0480. The number of aryl methyl sites for hydroxylation is 2. The highest BCUT2D eigenvalue weighted by molar-refractivity contribution is 6.17. The van der Waals surface area contributed by atoms with Crippen LogP contribution >= 0.6 is 0 Å². The Bertz CT molecular complexity index is 725. The molecule has 0 heterocycles. The maximum Gasteiger partial charge on any atom is 0.193 e. The third-order valence-electron chi connectivity index (χ3n) is 3.85. The van der Waals surface area contributed by atoms with Crippen LogP contribution in [0, 0.1) is 13.8 Å². The van der Waals surface area contributed by atoms with Crippen LogP contribution in [0.4, 0.5) is 0 Å². The normalized spacial score (nSPS) is 15.7. The zero-order chi connectivity index (χ0) is 14.3. The van der Waals surface area contributed by atoms with E-state index in [0.29, 0.717) is 12.0 Å². The van der Waals surface area contributed by atoms with Gasteiger partial charge in [-0.3, -0.25) is 4.79 Å². The lowest BCUT2D eigenvalue weighted by Crippen LogP contribution is -1.97. The summed E-state index contributed by atoms with van der Waals surface area (Å²) in [5.41, 5.74) is 5.04. The summed E-state index contributed by atoms with van der Waals surface area (Å²) in [5, 5.41) is 10.1. The monoisotopic (exact) mass is 264 g/mol. The van der Waals surface area contributed by atoms with Crippen LogP contribution in [0.1, 0.15) is 32.6 Å². The van der Waals surface area contributed by atoms with Crippen molar-refractivity contribution in [2.24, 2.45) is 0 Å². The number of hydrogen-bond acceptors (Lipinski definition) is 2. The number of ketones is 1. The summed E-state index contributed by atoms with van der Waals surface area (Å²) in [6.07, 6.45) is 2.51. The van der Waals surface area contributed by atoms with E-state index in [0.717, 1.165) is 27.8 Å². The van der Waals surface area contributed by atoms with Gasteiger partial charge in [-0.15, -0.1) is 0 Å². The van der Waals surface area contributed by atoms with Crippen LogP contribution in [0.15, 0.2) is 42.0 Å². The van der Waals surface area contributed by atoms with Crippen molar-refractivity contribution in [1.29, 1.82) is 0 Å². The number of carbonyl (C=O) groups is 1. The molecular formula is C18H16O2. The Labute approximate surface area is 118 Å². The van der Waals surface area contributed by atoms with Gasteiger partial charge in [-0.25, -0.2) is 0 Å². The number of phenolic OH excluding ortho intramolecular Hbond substituents is 1. The molecule has 0 radical (unpaired) electrons. The summed E-state index contributed by atoms with van der Waals surface area (Å²) in [6, 6.07) is 11.7. The first-order valence-corrected chi connectivity index (χ1v) is 6.70. The van der Waals surface area contributed by atoms with Gasteiger partial charge in [-0.2, -0.15) is 0 Å². The van der Waals surface area contributed by atoms with Gasteiger partial charge in [0.1, 0.15) is 5.75 Å². The van der Waals surface area contributed by atoms with Gasteiger partial charge in [-0.05, 0) is 42.2 Å². The van der Waals surface area contributed by atoms with Crippen molar-refractivity contribution < 1.29 is 9.90 Å². The van der Waals surface area contributed by atoms with Crippen molar-refractivity contribution in [1.82, 2.24) is 0 Å². The fraction of sp³-hybridized carbons (Fsp3) is 0.167. The maximum atomic E-state index is 12.5. The molecule has 0 saturated heterocycles. The number of aromatic hydroxyl groups is 1. The van der Waals surface area contributed by atoms with E-state index in [9.17, 15) is 9.90 Å². The Morgan fingerprint density at radius 1 is 1.10 bits per heavy atom. The Hall–Kier alpha value is -2.35. The van der Waals surface area contributed by atoms with Gasteiger partial charge < -0.3 is 5.11 Å². The number of carbonyl (C=O) groups excluding carboxylic acids is 1. The lowest BCUT2D eigenvalue weighted by molar-refractivity contribution is 0.103. The third-order valence-corrected chi connectivity index (χ3v) is 3.85. The van der Waals surface area contributed by atoms with Gasteiger partial charge >= 0.3 is 0 Å². The Morgan fingerprint density at radius 2 is 1.80 bits per heavy atom. The van der Waals surface area contributed by atoms with Crippen molar-refractivity contribution in [3.8, 4) is 5.75 Å². The molecule has 2 heteroatoms. The molecule has 0 atom stereocenters. The quantitative estimate of drug-likeness (QED) is 0.795. The molecule has 0 amide bonds. The van der Waals surface area contributed by atoms with Crippen molar-refractivity contribution in [2.45, 2.75) is 20.3 Å². The summed E-state index contributed by atoms with van der Waals surface area (Å²) >= 11 is 0. The minimum atomic E-state index is -0.0480. The molecule has 0 fully saturated rings. The topological polar surface area (TPSA) is 37.3 Å². The van der Waals surface area contributed by atoms with Gasteiger partial charge in [0.05, 0.1) is 5.56 Å². The first-order valence-electron chi connectivity index (χ1n) is 6.70. The molecule has 3 rings (SSSR count). The maximum absolute atomic E-state index is 12.5. The van der Waals surface area contributed by atoms with Gasteiger partial charge in [0.15, 0.2) is 5.78 Å². The van der Waals surface area contributed by atoms with Gasteiger partial charge in [0.2, 0.25) is 0 Å². The molecule has 2 aromatic carbocycles. The predicted molar refractivity (Wildman–Crippen MR) is 80.0 cm³/mol. The second kappa shape index (κ2) is 4.64. The lowest BCUT2D eigenvalue weighted by Gasteiger charge is -2.07. The highest BCUT2D eigenvalue weighted by Crippen LogP contribution is 2.37. The van der Waals surface area contributed by atoms with Crippen molar-refractivity contribution >= 4 is 11.9 Å². The van der Waals surface area contributed by atoms with Crippen LogP contribution in [-0.4, -0.2) is 10.9 Å². The van der Waals surface area contributed by atoms with E-state index < -0.39 is 0 Å². The van der Waals surface area contributed by atoms with Crippen LogP contribution in [0.2, 0.25) is 0 Å². The molecule has 1 aliphatic carbocycles. The largest absolute Gasteiger partial charge is 0.507 e. The van der Waals surface area contributed by atoms with E-state index in [1.165, 1.54) is 0 Å². The third kappa shape index (κ3) is 1.94. The molecule has 0 saturated carbocycles. The number of rotatable bonds is 1. The molecule has 2 nitrogen and oxygen atoms in total. The summed E-state index contributed by atoms with van der Waals surface area (Å²) in [4.78, 5) is 12.5. The second-order valence-corrected chi connectivity index (χ2v) is 5.30. The average molecular weight is 264 g/mol. The summed E-state index contributed by atoms with van der Waals surface area (Å²) < 4.78 is 0. The molecule has 2 aromatic rings. The average Bonchev–Trinajstić information content (AvgIpc) is 2.76. The predicted octanol–water partition coefficient (Wildman–Crippen LogP) is 3.83. The van der Waals surface area contributed by atoms with Crippen LogP contribution in [0.25, 0.3) is 6.08 Å². The number of Topliss-reactive ketones (excluding diaryl/α,β-unsaturated/α-hetero) is 1. The number of allylic oxidation sites excluding steroid dienone is 1. The van der Waals surface area contributed by atoms with Gasteiger partial charge in [0, 0.05) is 12.0 Å². The molecule has 0 bridgehead atoms. The van der Waals surface area contributed by atoms with E-state index in [1.54, 1.807) is 0 Å². The Balaban J connectivity index is 2.10. The van der Waals surface area contributed by atoms with Crippen molar-refractivity contribution in [2.75, 3.05) is 0 Å². The molecule has 100 valence electrons. The molecule has 0 aromatic heterocycles. The van der Waals surface area contributed by atoms with Crippen molar-refractivity contribution in [3.63, 3.8) is 0 Å². The lowest BCUT2D eigenvalue weighted by atomic mass is 10.00. The number of fused-ring (bicyclic) bond motifs is 1. The number of phenols is 1. The zero-order valence-corrected chi connectivity index (χ0v) is 11.6. The summed E-state index contributed by atoms with van der Waals surface area (Å²) in [7, 11) is 0. The molecule has 0 aliphatic heterocycles. The number of benzene rings is 2. The van der Waals surface area contributed by atoms with Gasteiger partial charge in [0.25, 0.3) is 0 Å². The van der Waals surface area contributed by atoms with Crippen molar-refractivity contribution in [3.05, 3.63) is 69.8 Å². The van der Waals surface area contributed by atoms with Crippen LogP contribution in [0.3, 0.4) is 0 Å². The van der Waals surface area contributed by atoms with E-state index in [4.69, 9.17) is 0 Å². The fourth-order valence-corrected chi connectivity index (χ4v) is 2.79. The molecule has 1 aliphatic rings. The summed E-state index contributed by atoms with van der Waals surface area (Å²) in [6.45, 7) is 3.82. The van der Waals surface area contributed by atoms with E-state index in [-0.39, 0.29) is 11.5 Å².